The summed E-state index contributed by atoms with van der Waals surface area (Å²) in [6.07, 6.45) is 1.99. The summed E-state index contributed by atoms with van der Waals surface area (Å²) in [4.78, 5) is 23.1. The van der Waals surface area contributed by atoms with E-state index in [9.17, 15) is 9.59 Å². The number of carbonyl (C=O) groups is 2. The van der Waals surface area contributed by atoms with Crippen LogP contribution in [0.1, 0.15) is 40.5 Å². The van der Waals surface area contributed by atoms with Gasteiger partial charge in [-0.2, -0.15) is 0 Å². The normalized spacial score (nSPS) is 11.2. The average Bonchev–Trinajstić information content (AvgIpc) is 2.62. The standard InChI is InChI=1S/C20H42N4O4/c1-17(2)5-7-23-19(25)15-21-9-11-27-13-14-28-12-10-22-16-20(26)24-8-6-18(3)4/h17-18,21-22H,5-16H2,1-4H3,(H,23,25)(H,24,26). The quantitative estimate of drug-likeness (QED) is 0.235. The molecule has 2 amide bonds. The number of rotatable bonds is 19. The van der Waals surface area contributed by atoms with Gasteiger partial charge in [0.2, 0.25) is 11.8 Å². The van der Waals surface area contributed by atoms with E-state index < -0.39 is 0 Å². The molecule has 0 fully saturated rings. The molecule has 0 atom stereocenters. The van der Waals surface area contributed by atoms with E-state index in [1.165, 1.54) is 0 Å². The van der Waals surface area contributed by atoms with Crippen LogP contribution >= 0.6 is 0 Å². The lowest BCUT2D eigenvalue weighted by Crippen LogP contribution is -2.36. The van der Waals surface area contributed by atoms with Crippen LogP contribution in [0.15, 0.2) is 0 Å². The first-order valence-corrected chi connectivity index (χ1v) is 10.5. The average molecular weight is 403 g/mol. The predicted molar refractivity (Wildman–Crippen MR) is 112 cm³/mol. The zero-order chi connectivity index (χ0) is 21.0. The van der Waals surface area contributed by atoms with Crippen LogP contribution in [0, 0.1) is 11.8 Å². The molecule has 0 spiro atoms. The van der Waals surface area contributed by atoms with Gasteiger partial charge in [0.15, 0.2) is 0 Å². The molecule has 0 aliphatic heterocycles. The molecule has 28 heavy (non-hydrogen) atoms. The van der Waals surface area contributed by atoms with Crippen molar-refractivity contribution in [3.63, 3.8) is 0 Å². The Labute approximate surface area is 170 Å². The maximum atomic E-state index is 11.5. The fraction of sp³-hybridized carbons (Fsp3) is 0.900. The summed E-state index contributed by atoms with van der Waals surface area (Å²) in [6.45, 7) is 14.0. The molecule has 0 heterocycles. The predicted octanol–water partition coefficient (Wildman–Crippen LogP) is 0.523. The molecule has 166 valence electrons. The maximum Gasteiger partial charge on any atom is 0.233 e. The largest absolute Gasteiger partial charge is 0.378 e. The van der Waals surface area contributed by atoms with Crippen molar-refractivity contribution >= 4 is 11.8 Å². The van der Waals surface area contributed by atoms with Crippen LogP contribution in [0.2, 0.25) is 0 Å². The third-order valence-corrected chi connectivity index (χ3v) is 3.88. The Morgan fingerprint density at radius 3 is 1.39 bits per heavy atom. The van der Waals surface area contributed by atoms with Crippen molar-refractivity contribution < 1.29 is 19.1 Å². The third kappa shape index (κ3) is 21.1. The summed E-state index contributed by atoms with van der Waals surface area (Å²) in [7, 11) is 0. The Kier molecular flexibility index (Phi) is 18.3. The van der Waals surface area contributed by atoms with Gasteiger partial charge in [-0.1, -0.05) is 27.7 Å². The van der Waals surface area contributed by atoms with Gasteiger partial charge in [-0.25, -0.2) is 0 Å². The first kappa shape index (κ1) is 26.8. The SMILES string of the molecule is CC(C)CCNC(=O)CNCCOCCOCCNCC(=O)NCCC(C)C. The number of nitrogens with one attached hydrogen (secondary N) is 4. The molecule has 0 saturated heterocycles. The molecule has 8 nitrogen and oxygen atoms in total. The van der Waals surface area contributed by atoms with Crippen LogP contribution in [0.5, 0.6) is 0 Å². The van der Waals surface area contributed by atoms with E-state index in [1.54, 1.807) is 0 Å². The van der Waals surface area contributed by atoms with Crippen LogP contribution in [0.4, 0.5) is 0 Å². The number of hydrogen-bond acceptors (Lipinski definition) is 6. The monoisotopic (exact) mass is 402 g/mol. The summed E-state index contributed by atoms with van der Waals surface area (Å²) in [5.41, 5.74) is 0. The van der Waals surface area contributed by atoms with E-state index in [4.69, 9.17) is 9.47 Å². The minimum Gasteiger partial charge on any atom is -0.378 e. The van der Waals surface area contributed by atoms with Crippen LogP contribution in [-0.4, -0.2) is 77.5 Å². The second kappa shape index (κ2) is 19.1. The van der Waals surface area contributed by atoms with Crippen molar-refractivity contribution in [3.8, 4) is 0 Å². The highest BCUT2D eigenvalue weighted by molar-refractivity contribution is 5.78. The topological polar surface area (TPSA) is 101 Å². The zero-order valence-electron chi connectivity index (χ0n) is 18.3. The third-order valence-electron chi connectivity index (χ3n) is 3.88. The molecule has 0 radical (unpaired) electrons. The van der Waals surface area contributed by atoms with Crippen LogP contribution in [0.25, 0.3) is 0 Å². The first-order chi connectivity index (χ1) is 13.4. The molecule has 4 N–H and O–H groups in total. The van der Waals surface area contributed by atoms with Crippen LogP contribution in [0.3, 0.4) is 0 Å². The molecule has 0 aromatic carbocycles. The summed E-state index contributed by atoms with van der Waals surface area (Å²) >= 11 is 0. The van der Waals surface area contributed by atoms with Gasteiger partial charge in [0, 0.05) is 26.2 Å². The van der Waals surface area contributed by atoms with Gasteiger partial charge in [-0.15, -0.1) is 0 Å². The van der Waals surface area contributed by atoms with E-state index in [1.807, 2.05) is 0 Å². The summed E-state index contributed by atoms with van der Waals surface area (Å²) < 4.78 is 10.9. The van der Waals surface area contributed by atoms with Crippen molar-refractivity contribution in [1.82, 2.24) is 21.3 Å². The fourth-order valence-electron chi connectivity index (χ4n) is 2.14. The number of hydrogen-bond donors (Lipinski definition) is 4. The lowest BCUT2D eigenvalue weighted by molar-refractivity contribution is -0.121. The van der Waals surface area contributed by atoms with Gasteiger partial charge in [0.1, 0.15) is 0 Å². The van der Waals surface area contributed by atoms with E-state index in [0.29, 0.717) is 64.4 Å². The minimum absolute atomic E-state index is 0.0186. The smallest absolute Gasteiger partial charge is 0.233 e. The molecular weight excluding hydrogens is 360 g/mol. The zero-order valence-corrected chi connectivity index (χ0v) is 18.3. The van der Waals surface area contributed by atoms with Crippen molar-refractivity contribution in [1.29, 1.82) is 0 Å². The summed E-state index contributed by atoms with van der Waals surface area (Å²) in [5.74, 6) is 1.23. The molecule has 0 aromatic rings. The Morgan fingerprint density at radius 2 is 1.04 bits per heavy atom. The number of amides is 2. The molecule has 0 rings (SSSR count). The van der Waals surface area contributed by atoms with Crippen molar-refractivity contribution in [2.45, 2.75) is 40.5 Å². The van der Waals surface area contributed by atoms with Crippen LogP contribution in [-0.2, 0) is 19.1 Å². The molecule has 0 aliphatic rings. The van der Waals surface area contributed by atoms with Gasteiger partial charge < -0.3 is 30.7 Å². The summed E-state index contributed by atoms with van der Waals surface area (Å²) in [6, 6.07) is 0. The van der Waals surface area contributed by atoms with Gasteiger partial charge in [-0.05, 0) is 24.7 Å². The van der Waals surface area contributed by atoms with Crippen molar-refractivity contribution in [2.75, 3.05) is 65.7 Å². The molecule has 8 heteroatoms. The lowest BCUT2D eigenvalue weighted by atomic mass is 10.1. The Morgan fingerprint density at radius 1 is 0.643 bits per heavy atom. The fourth-order valence-corrected chi connectivity index (χ4v) is 2.14. The van der Waals surface area contributed by atoms with Gasteiger partial charge >= 0.3 is 0 Å². The van der Waals surface area contributed by atoms with E-state index in [0.717, 1.165) is 25.9 Å². The van der Waals surface area contributed by atoms with Crippen LogP contribution < -0.4 is 21.3 Å². The van der Waals surface area contributed by atoms with Crippen molar-refractivity contribution in [3.05, 3.63) is 0 Å². The molecule has 0 bridgehead atoms. The van der Waals surface area contributed by atoms with Gasteiger partial charge in [0.25, 0.3) is 0 Å². The molecular formula is C20H42N4O4. The second-order valence-electron chi connectivity index (χ2n) is 7.64. The van der Waals surface area contributed by atoms with Gasteiger partial charge in [-0.3, -0.25) is 9.59 Å². The first-order valence-electron chi connectivity index (χ1n) is 10.5. The minimum atomic E-state index is 0.0186. The van der Waals surface area contributed by atoms with E-state index in [2.05, 4.69) is 49.0 Å². The Hall–Kier alpha value is -1.22. The molecule has 0 aliphatic carbocycles. The van der Waals surface area contributed by atoms with E-state index in [-0.39, 0.29) is 11.8 Å². The number of carbonyl (C=O) groups excluding carboxylic acids is 2. The maximum absolute atomic E-state index is 11.5. The highest BCUT2D eigenvalue weighted by Gasteiger charge is 2.02. The van der Waals surface area contributed by atoms with Crippen molar-refractivity contribution in [2.24, 2.45) is 11.8 Å². The highest BCUT2D eigenvalue weighted by Crippen LogP contribution is 1.96. The molecule has 0 aromatic heterocycles. The Bertz CT molecular complexity index is 356. The number of ether oxygens (including phenoxy) is 2. The van der Waals surface area contributed by atoms with E-state index >= 15 is 0 Å². The second-order valence-corrected chi connectivity index (χ2v) is 7.64. The summed E-state index contributed by atoms with van der Waals surface area (Å²) in [5, 5.41) is 11.9. The Balaban J connectivity index is 3.23. The molecule has 0 unspecified atom stereocenters. The lowest BCUT2D eigenvalue weighted by Gasteiger charge is -2.09. The highest BCUT2D eigenvalue weighted by atomic mass is 16.5. The molecule has 0 saturated carbocycles. The van der Waals surface area contributed by atoms with Gasteiger partial charge in [0.05, 0.1) is 39.5 Å².